The molecule has 0 aliphatic heterocycles. The quantitative estimate of drug-likeness (QED) is 0.337. The molecule has 0 amide bonds. The summed E-state index contributed by atoms with van der Waals surface area (Å²) in [5.74, 6) is -2.66. The molecular weight excluding hydrogens is 447 g/mol. The van der Waals surface area contributed by atoms with Crippen LogP contribution in [0.1, 0.15) is 5.56 Å². The van der Waals surface area contributed by atoms with Crippen molar-refractivity contribution in [2.75, 3.05) is 6.16 Å². The van der Waals surface area contributed by atoms with Gasteiger partial charge in [0.05, 0.1) is 0 Å². The van der Waals surface area contributed by atoms with Crippen molar-refractivity contribution >= 4 is 33.1 Å². The molecule has 0 aliphatic rings. The Bertz CT molecular complexity index is 1210. The number of nitrogens with zero attached hydrogens (tertiary/aromatic N) is 3. The van der Waals surface area contributed by atoms with Gasteiger partial charge < -0.3 is 0 Å². The van der Waals surface area contributed by atoms with Crippen molar-refractivity contribution in [3.63, 3.8) is 0 Å². The number of benzene rings is 4. The second-order valence-corrected chi connectivity index (χ2v) is 14.7. The Kier molecular flexibility index (Phi) is 5.80. The van der Waals surface area contributed by atoms with Crippen molar-refractivity contribution in [3.8, 4) is 11.4 Å². The second kappa shape index (κ2) is 8.90. The van der Waals surface area contributed by atoms with Gasteiger partial charge in [0.1, 0.15) is 0 Å². The molecule has 5 aromatic rings. The van der Waals surface area contributed by atoms with Crippen LogP contribution in [0.4, 0.5) is 0 Å². The molecular formula is C27H24ClN4P. The molecule has 0 saturated carbocycles. The minimum atomic E-state index is -3.26. The molecule has 164 valence electrons. The first kappa shape index (κ1) is 21.5. The molecule has 5 rings (SSSR count). The Morgan fingerprint density at radius 1 is 0.636 bits per heavy atom. The zero-order valence-corrected chi connectivity index (χ0v) is 19.7. The summed E-state index contributed by atoms with van der Waals surface area (Å²) in [6.07, 6.45) is 1.65. The molecule has 0 atom stereocenters. The predicted octanol–water partition coefficient (Wildman–Crippen LogP) is 5.09. The number of nitrogens with one attached hydrogen (secondary N) is 1. The zero-order valence-electron chi connectivity index (χ0n) is 18.1. The van der Waals surface area contributed by atoms with E-state index in [9.17, 15) is 0 Å². The molecule has 0 radical (unpaired) electrons. The van der Waals surface area contributed by atoms with Crippen molar-refractivity contribution in [1.82, 2.24) is 20.6 Å². The van der Waals surface area contributed by atoms with Crippen LogP contribution in [0.5, 0.6) is 0 Å². The first-order valence-electron chi connectivity index (χ1n) is 10.9. The van der Waals surface area contributed by atoms with Crippen LogP contribution in [0.2, 0.25) is 0 Å². The Morgan fingerprint density at radius 2 is 1.12 bits per heavy atom. The summed E-state index contributed by atoms with van der Waals surface area (Å²) in [5.41, 5.74) is 2.16. The summed E-state index contributed by atoms with van der Waals surface area (Å²) in [7, 11) is 0. The molecule has 0 fully saturated rings. The molecule has 6 heteroatoms. The Labute approximate surface area is 198 Å². The number of aromatic amines is 1. The van der Waals surface area contributed by atoms with Crippen LogP contribution in [-0.2, 0) is 6.42 Å². The number of aryl methyl sites for hydroxylation is 1. The standard InChI is InChI=1S/C27H24ClN4P/c28-33(24-10-4-1-5-11-24,25-12-6-2-7-13-25,26-14-8-3-9-15-26)21-20-22-16-18-23(19-17-22)27-29-31-32-30-27/h1-19H,20-21H2,(H,29,30,31,32). The molecule has 33 heavy (non-hydrogen) atoms. The summed E-state index contributed by atoms with van der Waals surface area (Å²) in [5, 5.41) is 17.9. The summed E-state index contributed by atoms with van der Waals surface area (Å²) in [6.45, 7) is 0. The zero-order chi connectivity index (χ0) is 22.6. The third kappa shape index (κ3) is 3.86. The van der Waals surface area contributed by atoms with E-state index in [1.54, 1.807) is 0 Å². The molecule has 1 N–H and O–H groups in total. The average molecular weight is 471 g/mol. The van der Waals surface area contributed by atoms with Gasteiger partial charge in [-0.05, 0) is 0 Å². The fourth-order valence-corrected chi connectivity index (χ4v) is 10.5. The van der Waals surface area contributed by atoms with Crippen LogP contribution in [-0.4, -0.2) is 26.8 Å². The minimum absolute atomic E-state index is 0.594. The predicted molar refractivity (Wildman–Crippen MR) is 139 cm³/mol. The Hall–Kier alpha value is -3.33. The van der Waals surface area contributed by atoms with E-state index >= 15 is 0 Å². The van der Waals surface area contributed by atoms with Gasteiger partial charge in [0.25, 0.3) is 0 Å². The van der Waals surface area contributed by atoms with Gasteiger partial charge in [0, 0.05) is 0 Å². The molecule has 0 aliphatic carbocycles. The Balaban J connectivity index is 1.61. The third-order valence-corrected chi connectivity index (χ3v) is 13.7. The van der Waals surface area contributed by atoms with Crippen molar-refractivity contribution < 1.29 is 0 Å². The van der Waals surface area contributed by atoms with E-state index in [0.717, 1.165) is 18.1 Å². The van der Waals surface area contributed by atoms with Crippen LogP contribution in [0.15, 0.2) is 115 Å². The average Bonchev–Trinajstić information content (AvgIpc) is 3.45. The van der Waals surface area contributed by atoms with E-state index in [2.05, 4.69) is 106 Å². The summed E-state index contributed by atoms with van der Waals surface area (Å²) >= 11 is 8.13. The van der Waals surface area contributed by atoms with Gasteiger partial charge in [-0.15, -0.1) is 0 Å². The van der Waals surface area contributed by atoms with Crippen LogP contribution in [0.25, 0.3) is 11.4 Å². The van der Waals surface area contributed by atoms with Gasteiger partial charge in [0.15, 0.2) is 0 Å². The van der Waals surface area contributed by atoms with Gasteiger partial charge in [-0.25, -0.2) is 0 Å². The molecule has 0 bridgehead atoms. The van der Waals surface area contributed by atoms with Crippen LogP contribution in [0, 0.1) is 0 Å². The van der Waals surface area contributed by atoms with Gasteiger partial charge in [-0.1, -0.05) is 0 Å². The van der Waals surface area contributed by atoms with E-state index in [1.165, 1.54) is 21.5 Å². The van der Waals surface area contributed by atoms with Gasteiger partial charge >= 0.3 is 199 Å². The first-order valence-corrected chi connectivity index (χ1v) is 14.2. The van der Waals surface area contributed by atoms with Crippen molar-refractivity contribution in [1.29, 1.82) is 0 Å². The fourth-order valence-electron chi connectivity index (χ4n) is 4.49. The molecule has 1 heterocycles. The normalized spacial score (nSPS) is 12.7. The first-order chi connectivity index (χ1) is 16.2. The molecule has 0 unspecified atom stereocenters. The van der Waals surface area contributed by atoms with Gasteiger partial charge in [0.2, 0.25) is 0 Å². The fraction of sp³-hybridized carbons (Fsp3) is 0.0741. The van der Waals surface area contributed by atoms with Crippen LogP contribution in [0.3, 0.4) is 0 Å². The van der Waals surface area contributed by atoms with Gasteiger partial charge in [-0.3, -0.25) is 0 Å². The maximum absolute atomic E-state index is 8.13. The van der Waals surface area contributed by atoms with E-state index in [4.69, 9.17) is 11.2 Å². The van der Waals surface area contributed by atoms with E-state index in [1.807, 2.05) is 30.3 Å². The monoisotopic (exact) mass is 470 g/mol. The van der Waals surface area contributed by atoms with Gasteiger partial charge in [-0.2, -0.15) is 0 Å². The topological polar surface area (TPSA) is 54.5 Å². The second-order valence-electron chi connectivity index (χ2n) is 8.10. The van der Waals surface area contributed by atoms with E-state index in [-0.39, 0.29) is 0 Å². The van der Waals surface area contributed by atoms with Crippen molar-refractivity contribution in [2.24, 2.45) is 0 Å². The molecule has 1 aromatic heterocycles. The van der Waals surface area contributed by atoms with Crippen LogP contribution < -0.4 is 15.9 Å². The molecule has 0 spiro atoms. The van der Waals surface area contributed by atoms with E-state index < -0.39 is 5.96 Å². The number of aromatic nitrogens is 4. The number of hydrogen-bond acceptors (Lipinski definition) is 3. The maximum atomic E-state index is 8.13. The number of H-pyrrole nitrogens is 1. The van der Waals surface area contributed by atoms with Crippen molar-refractivity contribution in [2.45, 2.75) is 6.42 Å². The summed E-state index contributed by atoms with van der Waals surface area (Å²) in [6, 6.07) is 40.1. The summed E-state index contributed by atoms with van der Waals surface area (Å²) < 4.78 is 0. The summed E-state index contributed by atoms with van der Waals surface area (Å²) in [4.78, 5) is 0. The Morgan fingerprint density at radius 3 is 1.55 bits per heavy atom. The van der Waals surface area contributed by atoms with Crippen molar-refractivity contribution in [3.05, 3.63) is 121 Å². The third-order valence-electron chi connectivity index (χ3n) is 6.26. The number of tetrazole rings is 1. The number of rotatable bonds is 7. The van der Waals surface area contributed by atoms with E-state index in [0.29, 0.717) is 5.82 Å². The number of halogens is 1. The van der Waals surface area contributed by atoms with Crippen LogP contribution >= 0.6 is 17.2 Å². The molecule has 0 saturated heterocycles. The number of hydrogen-bond donors (Lipinski definition) is 1. The molecule has 4 nitrogen and oxygen atoms in total. The SMILES string of the molecule is ClP(CCc1ccc(-c2nn[nH]n2)cc1)(c1ccccc1)(c1ccccc1)c1ccccc1. The molecule has 4 aromatic carbocycles.